The Morgan fingerprint density at radius 2 is 2.12 bits per heavy atom. The zero-order valence-electron chi connectivity index (χ0n) is 15.1. The Morgan fingerprint density at radius 3 is 2.76 bits per heavy atom. The van der Waals surface area contributed by atoms with Crippen LogP contribution >= 0.6 is 11.3 Å². The monoisotopic (exact) mass is 519 g/mol. The molecule has 0 saturated carbocycles. The van der Waals surface area contributed by atoms with Crippen molar-refractivity contribution in [3.63, 3.8) is 0 Å². The van der Waals surface area contributed by atoms with E-state index < -0.39 is 0 Å². The second-order valence-corrected chi connectivity index (χ2v) is 6.76. The van der Waals surface area contributed by atoms with E-state index in [0.717, 1.165) is 41.0 Å². The number of aryl methyl sites for hydroxylation is 1. The van der Waals surface area contributed by atoms with Crippen molar-refractivity contribution in [1.29, 1.82) is 0 Å². The summed E-state index contributed by atoms with van der Waals surface area (Å²) in [6.07, 6.45) is 3.31. The first-order chi connectivity index (χ1) is 11.5. The number of benzene rings is 1. The minimum Gasteiger partial charge on any atom is -0.462 e. The molecule has 0 radical (unpaired) electrons. The van der Waals surface area contributed by atoms with Crippen molar-refractivity contribution in [2.24, 2.45) is 12.0 Å². The maximum atomic E-state index is 12.2. The maximum Gasteiger partial charge on any atom is 0.310 e. The van der Waals surface area contributed by atoms with Crippen LogP contribution in [0.1, 0.15) is 44.4 Å². The van der Waals surface area contributed by atoms with E-state index in [0.29, 0.717) is 0 Å². The molecule has 1 atom stereocenters. The summed E-state index contributed by atoms with van der Waals surface area (Å²) in [5.41, 5.74) is 2.73. The minimum absolute atomic E-state index is 0. The molecule has 1 unspecified atom stereocenters. The summed E-state index contributed by atoms with van der Waals surface area (Å²) in [4.78, 5) is 17.7. The fraction of sp³-hybridized carbons (Fsp3) is 0.474. The average Bonchev–Trinajstić information content (AvgIpc) is 2.86. The first-order valence-corrected chi connectivity index (χ1v) is 9.19. The molecule has 0 saturated heterocycles. The summed E-state index contributed by atoms with van der Waals surface area (Å²) < 4.78 is 7.49. The van der Waals surface area contributed by atoms with Gasteiger partial charge in [0.25, 0.3) is 0 Å². The summed E-state index contributed by atoms with van der Waals surface area (Å²) in [6, 6.07) is 7.72. The van der Waals surface area contributed by atoms with Crippen molar-refractivity contribution in [1.82, 2.24) is 4.57 Å². The molecule has 0 aliphatic heterocycles. The van der Waals surface area contributed by atoms with Crippen LogP contribution in [0.25, 0.3) is 0 Å². The number of carbonyl (C=O) groups is 1. The molecule has 1 heterocycles. The molecule has 25 heavy (non-hydrogen) atoms. The SMILES string of the molecule is CCCCC(C)OC(=O)Cc1ccccc1N=c1s[c-]c(C)n1C.[Yb]. The number of esters is 1. The largest absolute Gasteiger partial charge is 0.462 e. The number of hydrogen-bond donors (Lipinski definition) is 0. The van der Waals surface area contributed by atoms with Gasteiger partial charge in [0.15, 0.2) is 0 Å². The normalized spacial score (nSPS) is 12.6. The second-order valence-electron chi connectivity index (χ2n) is 5.99. The van der Waals surface area contributed by atoms with Crippen molar-refractivity contribution in [3.05, 3.63) is 45.7 Å². The molecule has 0 fully saturated rings. The van der Waals surface area contributed by atoms with Gasteiger partial charge in [-0.25, -0.2) is 0 Å². The number of rotatable bonds is 7. The van der Waals surface area contributed by atoms with Crippen molar-refractivity contribution in [2.45, 2.75) is 52.6 Å². The third-order valence-corrected chi connectivity index (χ3v) is 4.86. The van der Waals surface area contributed by atoms with Gasteiger partial charge in [-0.05, 0) is 38.9 Å². The van der Waals surface area contributed by atoms with Gasteiger partial charge in [-0.15, -0.1) is 0 Å². The van der Waals surface area contributed by atoms with Crippen molar-refractivity contribution in [2.75, 3.05) is 0 Å². The summed E-state index contributed by atoms with van der Waals surface area (Å²) in [5.74, 6) is -0.195. The van der Waals surface area contributed by atoms with Crippen LogP contribution in [-0.4, -0.2) is 16.6 Å². The van der Waals surface area contributed by atoms with Gasteiger partial charge >= 0.3 is 5.97 Å². The van der Waals surface area contributed by atoms with E-state index in [4.69, 9.17) is 4.74 Å². The number of aromatic nitrogens is 1. The number of thiazole rings is 1. The Kier molecular flexibility index (Phi) is 10.3. The predicted octanol–water partition coefficient (Wildman–Crippen LogP) is 4.09. The second kappa shape index (κ2) is 11.4. The minimum atomic E-state index is -0.195. The van der Waals surface area contributed by atoms with Crippen molar-refractivity contribution in [3.8, 4) is 0 Å². The van der Waals surface area contributed by atoms with E-state index in [1.807, 2.05) is 49.7 Å². The number of hydrogen-bond acceptors (Lipinski definition) is 4. The molecular weight excluding hydrogens is 493 g/mol. The van der Waals surface area contributed by atoms with Gasteiger partial charge in [-0.2, -0.15) is 5.38 Å². The van der Waals surface area contributed by atoms with Crippen LogP contribution in [-0.2, 0) is 23.0 Å². The molecule has 1 aromatic carbocycles. The van der Waals surface area contributed by atoms with E-state index in [9.17, 15) is 4.79 Å². The van der Waals surface area contributed by atoms with Crippen LogP contribution in [0.15, 0.2) is 29.3 Å². The van der Waals surface area contributed by atoms with E-state index in [1.54, 1.807) is 0 Å². The quantitative estimate of drug-likeness (QED) is 0.410. The molecule has 6 heteroatoms. The number of ether oxygens (including phenoxy) is 1. The smallest absolute Gasteiger partial charge is 0.310 e. The molecule has 0 aliphatic carbocycles. The van der Waals surface area contributed by atoms with Gasteiger partial charge in [0, 0.05) is 57.4 Å². The molecule has 1 aromatic heterocycles. The summed E-state index contributed by atoms with van der Waals surface area (Å²) in [5, 5.41) is 3.18. The first-order valence-electron chi connectivity index (χ1n) is 8.37. The van der Waals surface area contributed by atoms with Crippen LogP contribution < -0.4 is 4.80 Å². The zero-order valence-corrected chi connectivity index (χ0v) is 17.6. The molecule has 4 nitrogen and oxygen atoms in total. The van der Waals surface area contributed by atoms with Crippen molar-refractivity contribution >= 4 is 23.0 Å². The van der Waals surface area contributed by atoms with Gasteiger partial charge in [0.1, 0.15) is 0 Å². The fourth-order valence-electron chi connectivity index (χ4n) is 2.34. The maximum absolute atomic E-state index is 12.2. The summed E-state index contributed by atoms with van der Waals surface area (Å²) in [7, 11) is 1.97. The Labute approximate surface area is 192 Å². The van der Waals surface area contributed by atoms with E-state index in [2.05, 4.69) is 17.3 Å². The molecule has 0 bridgehead atoms. The number of unbranched alkanes of at least 4 members (excludes halogenated alkanes) is 1. The summed E-state index contributed by atoms with van der Waals surface area (Å²) >= 11 is 1.47. The van der Waals surface area contributed by atoms with Crippen LogP contribution in [0.4, 0.5) is 5.69 Å². The van der Waals surface area contributed by atoms with Gasteiger partial charge in [-0.1, -0.05) is 43.7 Å². The van der Waals surface area contributed by atoms with Crippen LogP contribution in [0.3, 0.4) is 0 Å². The predicted molar refractivity (Wildman–Crippen MR) is 97.3 cm³/mol. The van der Waals surface area contributed by atoms with Crippen LogP contribution in [0, 0.1) is 59.2 Å². The van der Waals surface area contributed by atoms with Crippen LogP contribution in [0.2, 0.25) is 0 Å². The fourth-order valence-corrected chi connectivity index (χ4v) is 3.14. The summed E-state index contributed by atoms with van der Waals surface area (Å²) in [6.45, 7) is 6.08. The standard InChI is InChI=1S/C19H25N2O2S.Yb/c1-5-6-9-15(3)23-18(22)12-16-10-7-8-11-17(16)20-19-21(4)14(2)13-24-19;/h7-8,10-11,15H,5-6,9,12H2,1-4H3;/q-1;. The third-order valence-electron chi connectivity index (χ3n) is 3.92. The van der Waals surface area contributed by atoms with Gasteiger partial charge < -0.3 is 25.6 Å². The molecule has 0 aliphatic rings. The molecule has 2 rings (SSSR count). The topological polar surface area (TPSA) is 43.6 Å². The molecule has 0 amide bonds. The Morgan fingerprint density at radius 1 is 1.40 bits per heavy atom. The molecule has 144 valence electrons. The van der Waals surface area contributed by atoms with Gasteiger partial charge in [0.05, 0.1) is 12.5 Å². The number of nitrogens with zero attached hydrogens (tertiary/aromatic N) is 2. The van der Waals surface area contributed by atoms with Crippen molar-refractivity contribution < 1.29 is 56.5 Å². The van der Waals surface area contributed by atoms with E-state index in [1.165, 1.54) is 11.3 Å². The molecular formula is C19H25N2O2SYb-. The van der Waals surface area contributed by atoms with Gasteiger partial charge in [-0.3, -0.25) is 4.79 Å². The Hall–Kier alpha value is -0.361. The third kappa shape index (κ3) is 7.04. The zero-order chi connectivity index (χ0) is 17.5. The van der Waals surface area contributed by atoms with Crippen LogP contribution in [0.5, 0.6) is 0 Å². The molecule has 0 spiro atoms. The van der Waals surface area contributed by atoms with E-state index >= 15 is 0 Å². The Balaban J connectivity index is 0.00000312. The number of para-hydroxylation sites is 1. The van der Waals surface area contributed by atoms with Gasteiger partial charge in [0.2, 0.25) is 0 Å². The number of carbonyl (C=O) groups excluding carboxylic acids is 1. The molecule has 0 N–H and O–H groups in total. The first kappa shape index (κ1) is 22.7. The Bertz CT molecular complexity index is 752. The average molecular weight is 519 g/mol. The molecule has 2 aromatic rings. The van der Waals surface area contributed by atoms with E-state index in [-0.39, 0.29) is 65.4 Å².